The van der Waals surface area contributed by atoms with Gasteiger partial charge < -0.3 is 15.6 Å². The Labute approximate surface area is 135 Å². The summed E-state index contributed by atoms with van der Waals surface area (Å²) in [6, 6.07) is 9.62. The second-order valence-corrected chi connectivity index (χ2v) is 4.89. The van der Waals surface area contributed by atoms with E-state index in [1.165, 1.54) is 0 Å². The van der Waals surface area contributed by atoms with E-state index in [4.69, 9.17) is 10.3 Å². The highest BCUT2D eigenvalue weighted by Gasteiger charge is 2.16. The van der Waals surface area contributed by atoms with Gasteiger partial charge in [0.05, 0.1) is 0 Å². The third kappa shape index (κ3) is 5.46. The third-order valence-electron chi connectivity index (χ3n) is 3.04. The van der Waals surface area contributed by atoms with Crippen LogP contribution in [0.5, 0.6) is 0 Å². The first-order valence-corrected chi connectivity index (χ1v) is 7.05. The summed E-state index contributed by atoms with van der Waals surface area (Å²) in [5, 5.41) is 6.76. The van der Waals surface area contributed by atoms with Crippen molar-refractivity contribution in [1.82, 2.24) is 15.5 Å². The minimum absolute atomic E-state index is 0. The van der Waals surface area contributed by atoms with E-state index < -0.39 is 0 Å². The molecule has 1 atom stereocenters. The van der Waals surface area contributed by atoms with Gasteiger partial charge in [0.15, 0.2) is 5.82 Å². The number of carbonyl (C=O) groups is 1. The lowest BCUT2D eigenvalue weighted by Gasteiger charge is -2.08. The van der Waals surface area contributed by atoms with Crippen LogP contribution in [-0.4, -0.2) is 22.6 Å². The van der Waals surface area contributed by atoms with Crippen LogP contribution >= 0.6 is 12.4 Å². The lowest BCUT2D eigenvalue weighted by Crippen LogP contribution is -2.27. The number of hydrogen-bond donors (Lipinski definition) is 2. The summed E-state index contributed by atoms with van der Waals surface area (Å²) in [6.07, 6.45) is 1.69. The first-order chi connectivity index (χ1) is 10.2. The fourth-order valence-corrected chi connectivity index (χ4v) is 1.93. The van der Waals surface area contributed by atoms with Crippen LogP contribution in [-0.2, 0) is 11.2 Å². The minimum Gasteiger partial charge on any atom is -0.345 e. The SMILES string of the molecule is CC(NC(=O)CCCN)c1nc(Cc2ccccc2)no1.Cl. The molecule has 120 valence electrons. The molecule has 6 nitrogen and oxygen atoms in total. The van der Waals surface area contributed by atoms with Crippen molar-refractivity contribution in [1.29, 1.82) is 0 Å². The molecule has 1 aromatic carbocycles. The Hall–Kier alpha value is -1.92. The van der Waals surface area contributed by atoms with E-state index >= 15 is 0 Å². The van der Waals surface area contributed by atoms with Crippen molar-refractivity contribution < 1.29 is 9.32 Å². The van der Waals surface area contributed by atoms with Crippen LogP contribution < -0.4 is 11.1 Å². The fourth-order valence-electron chi connectivity index (χ4n) is 1.93. The molecule has 0 spiro atoms. The summed E-state index contributed by atoms with van der Waals surface area (Å²) in [6.45, 7) is 2.32. The zero-order chi connectivity index (χ0) is 15.1. The maximum Gasteiger partial charge on any atom is 0.248 e. The monoisotopic (exact) mass is 324 g/mol. The van der Waals surface area contributed by atoms with Gasteiger partial charge in [0.25, 0.3) is 0 Å². The molecule has 22 heavy (non-hydrogen) atoms. The molecule has 1 heterocycles. The van der Waals surface area contributed by atoms with Gasteiger partial charge >= 0.3 is 0 Å². The molecule has 0 saturated heterocycles. The van der Waals surface area contributed by atoms with Gasteiger partial charge in [0.2, 0.25) is 11.8 Å². The first kappa shape index (κ1) is 18.1. The smallest absolute Gasteiger partial charge is 0.248 e. The molecule has 7 heteroatoms. The Morgan fingerprint density at radius 3 is 2.77 bits per heavy atom. The summed E-state index contributed by atoms with van der Waals surface area (Å²) in [4.78, 5) is 15.9. The standard InChI is InChI=1S/C15H20N4O2.ClH/c1-11(17-14(20)8-5-9-16)15-18-13(19-21-15)10-12-6-3-2-4-7-12;/h2-4,6-7,11H,5,8-10,16H2,1H3,(H,17,20);1H. The van der Waals surface area contributed by atoms with Crippen LogP contribution in [0.15, 0.2) is 34.9 Å². The number of nitrogens with zero attached hydrogens (tertiary/aromatic N) is 2. The van der Waals surface area contributed by atoms with Gasteiger partial charge in [-0.25, -0.2) is 0 Å². The Bertz CT molecular complexity index is 574. The zero-order valence-electron chi connectivity index (χ0n) is 12.5. The Kier molecular flexibility index (Phi) is 7.56. The van der Waals surface area contributed by atoms with E-state index in [1.807, 2.05) is 37.3 Å². The topological polar surface area (TPSA) is 94.0 Å². The molecule has 0 bridgehead atoms. The van der Waals surface area contributed by atoms with E-state index in [0.29, 0.717) is 37.5 Å². The van der Waals surface area contributed by atoms with Gasteiger partial charge in [-0.05, 0) is 25.5 Å². The molecule has 1 unspecified atom stereocenters. The van der Waals surface area contributed by atoms with E-state index in [1.54, 1.807) is 0 Å². The van der Waals surface area contributed by atoms with Crippen molar-refractivity contribution in [2.24, 2.45) is 5.73 Å². The normalized spacial score (nSPS) is 11.5. The van der Waals surface area contributed by atoms with Crippen molar-refractivity contribution in [3.63, 3.8) is 0 Å². The molecular formula is C15H21ClN4O2. The van der Waals surface area contributed by atoms with Crippen LogP contribution in [0.2, 0.25) is 0 Å². The van der Waals surface area contributed by atoms with Gasteiger partial charge in [-0.3, -0.25) is 4.79 Å². The summed E-state index contributed by atoms with van der Waals surface area (Å²) in [5.41, 5.74) is 6.49. The summed E-state index contributed by atoms with van der Waals surface area (Å²) in [5.74, 6) is 0.969. The molecular weight excluding hydrogens is 304 g/mol. The summed E-state index contributed by atoms with van der Waals surface area (Å²) < 4.78 is 5.20. The van der Waals surface area contributed by atoms with Crippen molar-refractivity contribution >= 4 is 18.3 Å². The van der Waals surface area contributed by atoms with Crippen LogP contribution in [0.4, 0.5) is 0 Å². The molecule has 0 saturated carbocycles. The quantitative estimate of drug-likeness (QED) is 0.812. The molecule has 2 rings (SSSR count). The number of aromatic nitrogens is 2. The second kappa shape index (κ2) is 9.17. The minimum atomic E-state index is -0.299. The highest BCUT2D eigenvalue weighted by Crippen LogP contribution is 2.12. The Morgan fingerprint density at radius 2 is 2.09 bits per heavy atom. The third-order valence-corrected chi connectivity index (χ3v) is 3.04. The summed E-state index contributed by atoms with van der Waals surface area (Å²) >= 11 is 0. The van der Waals surface area contributed by atoms with E-state index in [0.717, 1.165) is 5.56 Å². The lowest BCUT2D eigenvalue weighted by atomic mass is 10.1. The number of amides is 1. The Morgan fingerprint density at radius 1 is 1.36 bits per heavy atom. The zero-order valence-corrected chi connectivity index (χ0v) is 13.3. The van der Waals surface area contributed by atoms with Gasteiger partial charge in [-0.15, -0.1) is 12.4 Å². The summed E-state index contributed by atoms with van der Waals surface area (Å²) in [7, 11) is 0. The Balaban J connectivity index is 0.00000242. The van der Waals surface area contributed by atoms with Crippen LogP contribution in [0.1, 0.15) is 43.1 Å². The number of benzene rings is 1. The van der Waals surface area contributed by atoms with Crippen LogP contribution in [0.3, 0.4) is 0 Å². The number of nitrogens with one attached hydrogen (secondary N) is 1. The molecule has 2 aromatic rings. The molecule has 1 amide bonds. The molecule has 0 fully saturated rings. The fraction of sp³-hybridized carbons (Fsp3) is 0.400. The molecule has 3 N–H and O–H groups in total. The highest BCUT2D eigenvalue weighted by atomic mass is 35.5. The average Bonchev–Trinajstić information content (AvgIpc) is 2.95. The second-order valence-electron chi connectivity index (χ2n) is 4.89. The van der Waals surface area contributed by atoms with Crippen LogP contribution in [0.25, 0.3) is 0 Å². The molecule has 0 aliphatic heterocycles. The van der Waals surface area contributed by atoms with Crippen molar-refractivity contribution in [2.75, 3.05) is 6.54 Å². The number of nitrogens with two attached hydrogens (primary N) is 1. The number of halogens is 1. The highest BCUT2D eigenvalue weighted by molar-refractivity contribution is 5.85. The molecule has 0 aliphatic rings. The predicted octanol–water partition coefficient (Wildman–Crippen LogP) is 2.00. The number of rotatable bonds is 7. The molecule has 0 radical (unpaired) electrons. The van der Waals surface area contributed by atoms with E-state index in [9.17, 15) is 4.79 Å². The average molecular weight is 325 g/mol. The van der Waals surface area contributed by atoms with Crippen molar-refractivity contribution in [2.45, 2.75) is 32.2 Å². The number of carbonyl (C=O) groups excluding carboxylic acids is 1. The molecule has 1 aromatic heterocycles. The first-order valence-electron chi connectivity index (χ1n) is 7.05. The number of hydrogen-bond acceptors (Lipinski definition) is 5. The molecule has 0 aliphatic carbocycles. The maximum atomic E-state index is 11.6. The van der Waals surface area contributed by atoms with Gasteiger partial charge in [0.1, 0.15) is 6.04 Å². The largest absolute Gasteiger partial charge is 0.345 e. The van der Waals surface area contributed by atoms with Crippen molar-refractivity contribution in [3.8, 4) is 0 Å². The van der Waals surface area contributed by atoms with Crippen molar-refractivity contribution in [3.05, 3.63) is 47.6 Å². The van der Waals surface area contributed by atoms with Crippen LogP contribution in [0, 0.1) is 0 Å². The van der Waals surface area contributed by atoms with E-state index in [2.05, 4.69) is 15.5 Å². The van der Waals surface area contributed by atoms with Gasteiger partial charge in [0, 0.05) is 12.8 Å². The van der Waals surface area contributed by atoms with E-state index in [-0.39, 0.29) is 24.4 Å². The lowest BCUT2D eigenvalue weighted by molar-refractivity contribution is -0.121. The maximum absolute atomic E-state index is 11.6. The van der Waals surface area contributed by atoms with Gasteiger partial charge in [-0.2, -0.15) is 4.98 Å². The van der Waals surface area contributed by atoms with Gasteiger partial charge in [-0.1, -0.05) is 35.5 Å². The predicted molar refractivity (Wildman–Crippen MR) is 85.6 cm³/mol.